The summed E-state index contributed by atoms with van der Waals surface area (Å²) in [6, 6.07) is 16.1. The first-order valence-electron chi connectivity index (χ1n) is 8.52. The van der Waals surface area contributed by atoms with Gasteiger partial charge in [-0.3, -0.25) is 14.9 Å². The number of fused-ring (bicyclic) bond motifs is 1. The number of carbonyl (C=O) groups excluding carboxylic acids is 1. The highest BCUT2D eigenvalue weighted by molar-refractivity contribution is 5.97. The van der Waals surface area contributed by atoms with E-state index in [1.54, 1.807) is 20.1 Å². The Labute approximate surface area is 156 Å². The Morgan fingerprint density at radius 2 is 1.78 bits per heavy atom. The number of hydrogen-bond donors (Lipinski definition) is 1. The first-order chi connectivity index (χ1) is 12.9. The number of anilines is 1. The molecule has 0 heterocycles. The molecule has 1 amide bonds. The van der Waals surface area contributed by atoms with Crippen molar-refractivity contribution in [2.24, 2.45) is 0 Å². The third-order valence-electron chi connectivity index (χ3n) is 4.64. The van der Waals surface area contributed by atoms with E-state index in [1.807, 2.05) is 43.3 Å². The minimum atomic E-state index is -0.453. The molecule has 1 N–H and O–H groups in total. The van der Waals surface area contributed by atoms with Crippen molar-refractivity contribution >= 4 is 28.1 Å². The second kappa shape index (κ2) is 7.45. The summed E-state index contributed by atoms with van der Waals surface area (Å²) in [7, 11) is 1.63. The molecule has 0 saturated carbocycles. The number of benzene rings is 3. The zero-order chi connectivity index (χ0) is 19.6. The third-order valence-corrected chi connectivity index (χ3v) is 4.64. The van der Waals surface area contributed by atoms with Gasteiger partial charge in [0, 0.05) is 17.8 Å². The number of carbonyl (C=O) groups is 1. The summed E-state index contributed by atoms with van der Waals surface area (Å²) in [6.07, 6.45) is 0. The number of nitrogens with zero attached hydrogens (tertiary/aromatic N) is 1. The van der Waals surface area contributed by atoms with Crippen molar-refractivity contribution in [3.8, 4) is 5.75 Å². The van der Waals surface area contributed by atoms with E-state index in [1.165, 1.54) is 12.1 Å². The first-order valence-corrected chi connectivity index (χ1v) is 8.52. The number of non-ortho nitro benzene ring substituents is 1. The predicted molar refractivity (Wildman–Crippen MR) is 105 cm³/mol. The summed E-state index contributed by atoms with van der Waals surface area (Å²) < 4.78 is 5.23. The van der Waals surface area contributed by atoms with Gasteiger partial charge >= 0.3 is 0 Å². The molecule has 0 spiro atoms. The molecule has 3 aromatic rings. The number of rotatable bonds is 5. The van der Waals surface area contributed by atoms with Crippen LogP contribution in [-0.2, 0) is 4.79 Å². The Hall–Kier alpha value is -3.41. The maximum Gasteiger partial charge on any atom is 0.269 e. The van der Waals surface area contributed by atoms with E-state index in [0.717, 1.165) is 22.1 Å². The van der Waals surface area contributed by atoms with Crippen LogP contribution in [-0.4, -0.2) is 17.9 Å². The summed E-state index contributed by atoms with van der Waals surface area (Å²) in [5.41, 5.74) is 2.12. The van der Waals surface area contributed by atoms with Crippen LogP contribution in [0.2, 0.25) is 0 Å². The van der Waals surface area contributed by atoms with Crippen molar-refractivity contribution in [3.05, 3.63) is 75.8 Å². The molecule has 0 aliphatic rings. The van der Waals surface area contributed by atoms with Crippen LogP contribution in [0.25, 0.3) is 10.8 Å². The molecule has 6 nitrogen and oxygen atoms in total. The minimum Gasteiger partial charge on any atom is -0.497 e. The lowest BCUT2D eigenvalue weighted by Gasteiger charge is -2.15. The lowest BCUT2D eigenvalue weighted by Crippen LogP contribution is -2.19. The number of amides is 1. The van der Waals surface area contributed by atoms with Crippen LogP contribution in [0.15, 0.2) is 54.6 Å². The van der Waals surface area contributed by atoms with Crippen LogP contribution in [0.1, 0.15) is 24.0 Å². The van der Waals surface area contributed by atoms with E-state index >= 15 is 0 Å². The smallest absolute Gasteiger partial charge is 0.269 e. The van der Waals surface area contributed by atoms with Crippen molar-refractivity contribution in [1.82, 2.24) is 0 Å². The van der Waals surface area contributed by atoms with Crippen LogP contribution in [0.5, 0.6) is 5.75 Å². The molecule has 0 aliphatic heterocycles. The normalized spacial score (nSPS) is 11.8. The molecule has 1 atom stereocenters. The maximum absolute atomic E-state index is 12.7. The van der Waals surface area contributed by atoms with Crippen LogP contribution >= 0.6 is 0 Å². The van der Waals surface area contributed by atoms with Crippen molar-refractivity contribution in [2.75, 3.05) is 12.4 Å². The van der Waals surface area contributed by atoms with E-state index in [2.05, 4.69) is 5.32 Å². The van der Waals surface area contributed by atoms with Gasteiger partial charge < -0.3 is 10.1 Å². The lowest BCUT2D eigenvalue weighted by molar-refractivity contribution is -0.384. The fourth-order valence-corrected chi connectivity index (χ4v) is 2.93. The Kier molecular flexibility index (Phi) is 5.07. The zero-order valence-electron chi connectivity index (χ0n) is 15.4. The summed E-state index contributed by atoms with van der Waals surface area (Å²) in [5, 5.41) is 15.8. The monoisotopic (exact) mass is 364 g/mol. The van der Waals surface area contributed by atoms with E-state index < -0.39 is 4.92 Å². The maximum atomic E-state index is 12.7. The number of ether oxygens (including phenoxy) is 1. The second-order valence-corrected chi connectivity index (χ2v) is 6.44. The molecule has 3 aromatic carbocycles. The van der Waals surface area contributed by atoms with E-state index in [9.17, 15) is 14.9 Å². The molecule has 3 rings (SSSR count). The van der Waals surface area contributed by atoms with Crippen molar-refractivity contribution in [3.63, 3.8) is 0 Å². The fraction of sp³-hybridized carbons (Fsp3) is 0.190. The third kappa shape index (κ3) is 3.89. The summed E-state index contributed by atoms with van der Waals surface area (Å²) >= 11 is 0. The summed E-state index contributed by atoms with van der Waals surface area (Å²) in [4.78, 5) is 23.0. The Bertz CT molecular complexity index is 1030. The molecule has 0 fully saturated rings. The van der Waals surface area contributed by atoms with Crippen molar-refractivity contribution in [1.29, 1.82) is 0 Å². The van der Waals surface area contributed by atoms with Gasteiger partial charge in [-0.05, 0) is 53.9 Å². The molecule has 0 aliphatic carbocycles. The Morgan fingerprint density at radius 3 is 2.44 bits per heavy atom. The van der Waals surface area contributed by atoms with Gasteiger partial charge in [-0.1, -0.05) is 24.3 Å². The van der Waals surface area contributed by atoms with E-state index in [0.29, 0.717) is 11.3 Å². The largest absolute Gasteiger partial charge is 0.497 e. The SMILES string of the molecule is COc1ccc2cc([C@H](C)C(=O)Nc3ccc([N+](=O)[O-])cc3C)ccc2c1. The standard InChI is InChI=1S/C21H20N2O4/c1-13-10-18(23(25)26)7-9-20(13)22-21(24)14(2)15-4-5-17-12-19(27-3)8-6-16(17)11-15/h4-12,14H,1-3H3,(H,22,24)/t14-/m0/s1. The molecule has 138 valence electrons. The van der Waals surface area contributed by atoms with Gasteiger partial charge in [0.2, 0.25) is 5.91 Å². The molecular formula is C21H20N2O4. The van der Waals surface area contributed by atoms with E-state index in [4.69, 9.17) is 4.74 Å². The van der Waals surface area contributed by atoms with Crippen LogP contribution < -0.4 is 10.1 Å². The average molecular weight is 364 g/mol. The summed E-state index contributed by atoms with van der Waals surface area (Å²) in [6.45, 7) is 3.57. The number of methoxy groups -OCH3 is 1. The molecule has 27 heavy (non-hydrogen) atoms. The topological polar surface area (TPSA) is 81.5 Å². The molecule has 0 saturated heterocycles. The van der Waals surface area contributed by atoms with Crippen LogP contribution in [0, 0.1) is 17.0 Å². The Morgan fingerprint density at radius 1 is 1.07 bits per heavy atom. The number of aryl methyl sites for hydroxylation is 1. The predicted octanol–water partition coefficient (Wildman–Crippen LogP) is 4.81. The number of nitrogens with one attached hydrogen (secondary N) is 1. The highest BCUT2D eigenvalue weighted by Gasteiger charge is 2.17. The van der Waals surface area contributed by atoms with Gasteiger partial charge in [0.15, 0.2) is 0 Å². The molecule has 0 aromatic heterocycles. The molecule has 0 radical (unpaired) electrons. The molecule has 6 heteroatoms. The van der Waals surface area contributed by atoms with Crippen LogP contribution in [0.3, 0.4) is 0 Å². The van der Waals surface area contributed by atoms with Gasteiger partial charge in [0.25, 0.3) is 5.69 Å². The number of nitro groups is 1. The van der Waals surface area contributed by atoms with Gasteiger partial charge in [-0.25, -0.2) is 0 Å². The molecule has 0 bridgehead atoms. The number of hydrogen-bond acceptors (Lipinski definition) is 4. The second-order valence-electron chi connectivity index (χ2n) is 6.44. The first kappa shape index (κ1) is 18.4. The quantitative estimate of drug-likeness (QED) is 0.520. The van der Waals surface area contributed by atoms with Crippen molar-refractivity contribution in [2.45, 2.75) is 19.8 Å². The molecular weight excluding hydrogens is 344 g/mol. The summed E-state index contributed by atoms with van der Waals surface area (Å²) in [5.74, 6) is 0.251. The van der Waals surface area contributed by atoms with Gasteiger partial charge in [-0.15, -0.1) is 0 Å². The van der Waals surface area contributed by atoms with Crippen LogP contribution in [0.4, 0.5) is 11.4 Å². The fourth-order valence-electron chi connectivity index (χ4n) is 2.93. The zero-order valence-corrected chi connectivity index (χ0v) is 15.4. The van der Waals surface area contributed by atoms with Crippen molar-refractivity contribution < 1.29 is 14.5 Å². The van der Waals surface area contributed by atoms with Gasteiger partial charge in [0.05, 0.1) is 18.0 Å². The number of nitro benzene ring substituents is 1. The Balaban J connectivity index is 1.81. The highest BCUT2D eigenvalue weighted by atomic mass is 16.6. The van der Waals surface area contributed by atoms with E-state index in [-0.39, 0.29) is 17.5 Å². The highest BCUT2D eigenvalue weighted by Crippen LogP contribution is 2.27. The molecule has 0 unspecified atom stereocenters. The lowest BCUT2D eigenvalue weighted by atomic mass is 9.96. The van der Waals surface area contributed by atoms with Gasteiger partial charge in [-0.2, -0.15) is 0 Å². The van der Waals surface area contributed by atoms with Gasteiger partial charge in [0.1, 0.15) is 5.75 Å². The average Bonchev–Trinajstić information content (AvgIpc) is 2.67. The minimum absolute atomic E-state index is 0.00325.